The smallest absolute Gasteiger partial charge is 0.211 e. The van der Waals surface area contributed by atoms with Gasteiger partial charge in [0.2, 0.25) is 5.78 Å². The first kappa shape index (κ1) is 11.3. The van der Waals surface area contributed by atoms with Crippen LogP contribution in [-0.2, 0) is 0 Å². The van der Waals surface area contributed by atoms with E-state index in [1.165, 1.54) is 6.20 Å². The van der Waals surface area contributed by atoms with E-state index >= 15 is 0 Å². The number of carbonyl (C=O) groups excluding carboxylic acids is 1. The topological polar surface area (TPSA) is 30.0 Å². The molecule has 0 amide bonds. The zero-order valence-electron chi connectivity index (χ0n) is 8.15. The molecule has 0 unspecified atom stereocenters. The van der Waals surface area contributed by atoms with Gasteiger partial charge in [0.05, 0.1) is 5.02 Å². The summed E-state index contributed by atoms with van der Waals surface area (Å²) < 4.78 is 0.938. The predicted octanol–water partition coefficient (Wildman–Crippen LogP) is 3.73. The fraction of sp³-hybridized carbons (Fsp3) is 0. The fourth-order valence-electron chi connectivity index (χ4n) is 1.26. The number of aromatic nitrogens is 1. The second-order valence-electron chi connectivity index (χ2n) is 3.20. The zero-order chi connectivity index (χ0) is 11.5. The predicted molar refractivity (Wildman–Crippen MR) is 66.8 cm³/mol. The number of rotatable bonds is 2. The lowest BCUT2D eigenvalue weighted by Gasteiger charge is -2.00. The summed E-state index contributed by atoms with van der Waals surface area (Å²) >= 11 is 9.02. The molecule has 4 heteroatoms. The summed E-state index contributed by atoms with van der Waals surface area (Å²) in [4.78, 5) is 15.9. The number of ketones is 1. The highest BCUT2D eigenvalue weighted by molar-refractivity contribution is 9.10. The third-order valence-electron chi connectivity index (χ3n) is 2.07. The number of pyridine rings is 1. The first-order valence-electron chi connectivity index (χ1n) is 4.58. The van der Waals surface area contributed by atoms with Gasteiger partial charge in [-0.3, -0.25) is 9.78 Å². The maximum absolute atomic E-state index is 11.9. The molecule has 16 heavy (non-hydrogen) atoms. The largest absolute Gasteiger partial charge is 0.287 e. The molecule has 2 aromatic rings. The Morgan fingerprint density at radius 2 is 1.81 bits per heavy atom. The molecular formula is C12H7BrClNO. The lowest BCUT2D eigenvalue weighted by Crippen LogP contribution is -2.03. The summed E-state index contributed by atoms with van der Waals surface area (Å²) in [6, 6.07) is 10.4. The standard InChI is InChI=1S/C12H7BrClNO/c13-9-3-1-8(2-4-9)12(16)11-6-5-10(14)7-15-11/h1-7H. The van der Waals surface area contributed by atoms with E-state index in [1.807, 2.05) is 12.1 Å². The Bertz CT molecular complexity index is 460. The lowest BCUT2D eigenvalue weighted by molar-refractivity contribution is 0.103. The first-order chi connectivity index (χ1) is 7.66. The van der Waals surface area contributed by atoms with Gasteiger partial charge >= 0.3 is 0 Å². The van der Waals surface area contributed by atoms with Crippen LogP contribution in [0.15, 0.2) is 47.1 Å². The van der Waals surface area contributed by atoms with Crippen LogP contribution in [0.2, 0.25) is 5.02 Å². The van der Waals surface area contributed by atoms with Crippen LogP contribution in [0.3, 0.4) is 0 Å². The molecule has 0 radical (unpaired) electrons. The van der Waals surface area contributed by atoms with Gasteiger partial charge in [-0.2, -0.15) is 0 Å². The number of halogens is 2. The van der Waals surface area contributed by atoms with E-state index in [9.17, 15) is 4.79 Å². The van der Waals surface area contributed by atoms with Crippen molar-refractivity contribution in [2.24, 2.45) is 0 Å². The van der Waals surface area contributed by atoms with Gasteiger partial charge in [0.1, 0.15) is 5.69 Å². The third kappa shape index (κ3) is 2.49. The van der Waals surface area contributed by atoms with Crippen molar-refractivity contribution < 1.29 is 4.79 Å². The van der Waals surface area contributed by atoms with Crippen molar-refractivity contribution in [3.63, 3.8) is 0 Å². The van der Waals surface area contributed by atoms with Gasteiger partial charge in [0.15, 0.2) is 0 Å². The van der Waals surface area contributed by atoms with Gasteiger partial charge in [-0.1, -0.05) is 27.5 Å². The molecule has 0 atom stereocenters. The summed E-state index contributed by atoms with van der Waals surface area (Å²) in [5.74, 6) is -0.107. The van der Waals surface area contributed by atoms with Crippen LogP contribution in [0.4, 0.5) is 0 Å². The van der Waals surface area contributed by atoms with Crippen molar-refractivity contribution in [3.8, 4) is 0 Å². The van der Waals surface area contributed by atoms with Gasteiger partial charge in [0, 0.05) is 16.2 Å². The van der Waals surface area contributed by atoms with E-state index in [0.717, 1.165) is 4.47 Å². The maximum atomic E-state index is 11.9. The van der Waals surface area contributed by atoms with Crippen molar-refractivity contribution in [2.45, 2.75) is 0 Å². The summed E-state index contributed by atoms with van der Waals surface area (Å²) in [6.45, 7) is 0. The van der Waals surface area contributed by atoms with Crippen LogP contribution in [0.25, 0.3) is 0 Å². The molecule has 1 heterocycles. The van der Waals surface area contributed by atoms with Crippen LogP contribution >= 0.6 is 27.5 Å². The molecule has 0 aliphatic heterocycles. The van der Waals surface area contributed by atoms with Crippen molar-refractivity contribution in [3.05, 3.63) is 63.3 Å². The Morgan fingerprint density at radius 3 is 2.38 bits per heavy atom. The van der Waals surface area contributed by atoms with Crippen LogP contribution in [0.5, 0.6) is 0 Å². The highest BCUT2D eigenvalue weighted by Gasteiger charge is 2.09. The maximum Gasteiger partial charge on any atom is 0.211 e. The second-order valence-corrected chi connectivity index (χ2v) is 4.55. The van der Waals surface area contributed by atoms with E-state index in [0.29, 0.717) is 16.3 Å². The highest BCUT2D eigenvalue weighted by Crippen LogP contribution is 2.14. The Labute approximate surface area is 106 Å². The van der Waals surface area contributed by atoms with E-state index < -0.39 is 0 Å². The van der Waals surface area contributed by atoms with E-state index in [4.69, 9.17) is 11.6 Å². The van der Waals surface area contributed by atoms with Gasteiger partial charge in [-0.25, -0.2) is 0 Å². The van der Waals surface area contributed by atoms with E-state index in [-0.39, 0.29) is 5.78 Å². The van der Waals surface area contributed by atoms with Crippen LogP contribution in [-0.4, -0.2) is 10.8 Å². The molecule has 0 saturated heterocycles. The molecule has 0 aliphatic rings. The summed E-state index contributed by atoms with van der Waals surface area (Å²) in [7, 11) is 0. The van der Waals surface area contributed by atoms with Crippen LogP contribution in [0, 0.1) is 0 Å². The van der Waals surface area contributed by atoms with Gasteiger partial charge < -0.3 is 0 Å². The molecule has 1 aromatic carbocycles. The molecule has 0 spiro atoms. The zero-order valence-corrected chi connectivity index (χ0v) is 10.5. The second kappa shape index (κ2) is 4.76. The summed E-state index contributed by atoms with van der Waals surface area (Å²) in [5.41, 5.74) is 1.00. The van der Waals surface area contributed by atoms with Crippen molar-refractivity contribution >= 4 is 33.3 Å². The molecule has 2 nitrogen and oxygen atoms in total. The SMILES string of the molecule is O=C(c1ccc(Br)cc1)c1ccc(Cl)cn1. The Kier molecular flexibility index (Phi) is 3.36. The van der Waals surface area contributed by atoms with E-state index in [1.54, 1.807) is 24.3 Å². The lowest BCUT2D eigenvalue weighted by atomic mass is 10.1. The molecule has 80 valence electrons. The summed E-state index contributed by atoms with van der Waals surface area (Å²) in [5, 5.41) is 0.521. The Balaban J connectivity index is 2.32. The van der Waals surface area contributed by atoms with Gasteiger partial charge in [0.25, 0.3) is 0 Å². The molecular weight excluding hydrogens is 289 g/mol. The molecule has 2 rings (SSSR count). The minimum atomic E-state index is -0.107. The Morgan fingerprint density at radius 1 is 1.12 bits per heavy atom. The fourth-order valence-corrected chi connectivity index (χ4v) is 1.64. The third-order valence-corrected chi connectivity index (χ3v) is 2.82. The molecule has 0 fully saturated rings. The Hall–Kier alpha value is -1.19. The monoisotopic (exact) mass is 295 g/mol. The van der Waals surface area contributed by atoms with Crippen molar-refractivity contribution in [1.82, 2.24) is 4.98 Å². The van der Waals surface area contributed by atoms with Crippen LogP contribution < -0.4 is 0 Å². The quantitative estimate of drug-likeness (QED) is 0.790. The van der Waals surface area contributed by atoms with Crippen molar-refractivity contribution in [1.29, 1.82) is 0 Å². The molecule has 0 saturated carbocycles. The molecule has 0 bridgehead atoms. The minimum Gasteiger partial charge on any atom is -0.287 e. The van der Waals surface area contributed by atoms with Gasteiger partial charge in [-0.15, -0.1) is 0 Å². The number of nitrogens with zero attached hydrogens (tertiary/aromatic N) is 1. The van der Waals surface area contributed by atoms with E-state index in [2.05, 4.69) is 20.9 Å². The number of benzene rings is 1. The molecule has 1 aromatic heterocycles. The number of carbonyl (C=O) groups is 1. The minimum absolute atomic E-state index is 0.107. The highest BCUT2D eigenvalue weighted by atomic mass is 79.9. The van der Waals surface area contributed by atoms with Gasteiger partial charge in [-0.05, 0) is 36.4 Å². The average molecular weight is 297 g/mol. The molecule has 0 aliphatic carbocycles. The first-order valence-corrected chi connectivity index (χ1v) is 5.76. The number of hydrogen-bond acceptors (Lipinski definition) is 2. The normalized spacial score (nSPS) is 10.1. The number of hydrogen-bond donors (Lipinski definition) is 0. The van der Waals surface area contributed by atoms with Crippen LogP contribution in [0.1, 0.15) is 16.1 Å². The van der Waals surface area contributed by atoms with Crippen molar-refractivity contribution in [2.75, 3.05) is 0 Å². The average Bonchev–Trinajstić information content (AvgIpc) is 2.30. The summed E-state index contributed by atoms with van der Waals surface area (Å²) in [6.07, 6.45) is 1.47. The molecule has 0 N–H and O–H groups in total.